The topological polar surface area (TPSA) is 60.7 Å². The van der Waals surface area contributed by atoms with E-state index in [0.717, 1.165) is 0 Å². The lowest BCUT2D eigenvalue weighted by Gasteiger charge is -2.15. The molecule has 0 bridgehead atoms. The monoisotopic (exact) mass is 210 g/mol. The lowest BCUT2D eigenvalue weighted by Crippen LogP contribution is -1.96. The number of phenols is 3. The highest BCUT2D eigenvalue weighted by Crippen LogP contribution is 2.42. The van der Waals surface area contributed by atoms with Crippen molar-refractivity contribution in [3.05, 3.63) is 16.7 Å². The molecule has 0 spiro atoms. The van der Waals surface area contributed by atoms with E-state index in [2.05, 4.69) is 0 Å². The largest absolute Gasteiger partial charge is 0.507 e. The van der Waals surface area contributed by atoms with Crippen LogP contribution in [0.3, 0.4) is 0 Å². The van der Waals surface area contributed by atoms with Gasteiger partial charge in [0.15, 0.2) is 0 Å². The summed E-state index contributed by atoms with van der Waals surface area (Å²) in [4.78, 5) is 0. The molecule has 3 N–H and O–H groups in total. The van der Waals surface area contributed by atoms with Crippen LogP contribution in [-0.4, -0.2) is 15.3 Å². The predicted molar refractivity (Wildman–Crippen MR) is 59.6 cm³/mol. The van der Waals surface area contributed by atoms with E-state index in [1.807, 2.05) is 20.8 Å². The van der Waals surface area contributed by atoms with E-state index in [9.17, 15) is 15.3 Å². The van der Waals surface area contributed by atoms with Crippen LogP contribution in [0.2, 0.25) is 0 Å². The van der Waals surface area contributed by atoms with Gasteiger partial charge in [-0.25, -0.2) is 0 Å². The molecule has 0 aliphatic carbocycles. The van der Waals surface area contributed by atoms with Gasteiger partial charge < -0.3 is 15.3 Å². The summed E-state index contributed by atoms with van der Waals surface area (Å²) in [6, 6.07) is 0. The molecule has 1 rings (SSSR count). The van der Waals surface area contributed by atoms with Crippen LogP contribution in [0.5, 0.6) is 17.2 Å². The van der Waals surface area contributed by atoms with Gasteiger partial charge in [-0.15, -0.1) is 0 Å². The number of benzene rings is 1. The normalized spacial score (nSPS) is 10.6. The van der Waals surface area contributed by atoms with Gasteiger partial charge in [0.1, 0.15) is 17.2 Å². The van der Waals surface area contributed by atoms with Crippen LogP contribution in [0.1, 0.15) is 37.5 Å². The number of hydrogen-bond donors (Lipinski definition) is 3. The van der Waals surface area contributed by atoms with Crippen LogP contribution >= 0.6 is 0 Å². The fraction of sp³-hybridized carbons (Fsp3) is 0.500. The van der Waals surface area contributed by atoms with Gasteiger partial charge in [-0.1, -0.05) is 20.8 Å². The number of aromatic hydroxyl groups is 3. The lowest BCUT2D eigenvalue weighted by molar-refractivity contribution is 0.404. The molecular weight excluding hydrogens is 192 g/mol. The number of hydrogen-bond acceptors (Lipinski definition) is 3. The van der Waals surface area contributed by atoms with Crippen molar-refractivity contribution in [2.45, 2.75) is 40.0 Å². The first-order chi connectivity index (χ1) is 7.08. The van der Waals surface area contributed by atoms with E-state index >= 15 is 0 Å². The van der Waals surface area contributed by atoms with Crippen LogP contribution in [0.4, 0.5) is 0 Å². The first kappa shape index (κ1) is 11.7. The van der Waals surface area contributed by atoms with Gasteiger partial charge in [0.2, 0.25) is 0 Å². The van der Waals surface area contributed by atoms with Crippen LogP contribution in [-0.2, 0) is 19.3 Å². The predicted octanol–water partition coefficient (Wildman–Crippen LogP) is 2.49. The van der Waals surface area contributed by atoms with Crippen molar-refractivity contribution in [2.75, 3.05) is 0 Å². The van der Waals surface area contributed by atoms with E-state index in [0.29, 0.717) is 36.0 Å². The Balaban J connectivity index is 3.57. The molecule has 1 aromatic rings. The Morgan fingerprint density at radius 3 is 0.933 bits per heavy atom. The molecule has 0 atom stereocenters. The second-order valence-electron chi connectivity index (χ2n) is 3.54. The third-order valence-corrected chi connectivity index (χ3v) is 2.78. The second-order valence-corrected chi connectivity index (χ2v) is 3.54. The van der Waals surface area contributed by atoms with E-state index in [-0.39, 0.29) is 17.2 Å². The van der Waals surface area contributed by atoms with Crippen molar-refractivity contribution in [1.82, 2.24) is 0 Å². The van der Waals surface area contributed by atoms with Gasteiger partial charge in [-0.2, -0.15) is 0 Å². The first-order valence-electron chi connectivity index (χ1n) is 5.35. The molecule has 0 saturated heterocycles. The standard InChI is InChI=1S/C12H18O3/c1-4-7-10(13)8(5-2)12(15)9(6-3)11(7)14/h13-15H,4-6H2,1-3H3. The average Bonchev–Trinajstić information content (AvgIpc) is 2.19. The fourth-order valence-corrected chi connectivity index (χ4v) is 1.89. The molecule has 0 aliphatic heterocycles. The van der Waals surface area contributed by atoms with Crippen molar-refractivity contribution in [2.24, 2.45) is 0 Å². The first-order valence-corrected chi connectivity index (χ1v) is 5.35. The van der Waals surface area contributed by atoms with E-state index < -0.39 is 0 Å². The van der Waals surface area contributed by atoms with Gasteiger partial charge >= 0.3 is 0 Å². The molecule has 1 aromatic carbocycles. The average molecular weight is 210 g/mol. The van der Waals surface area contributed by atoms with Crippen molar-refractivity contribution >= 4 is 0 Å². The Morgan fingerprint density at radius 2 is 0.800 bits per heavy atom. The van der Waals surface area contributed by atoms with E-state index in [1.165, 1.54) is 0 Å². The van der Waals surface area contributed by atoms with Gasteiger partial charge in [0, 0.05) is 16.7 Å². The molecule has 84 valence electrons. The molecule has 0 heterocycles. The minimum absolute atomic E-state index is 0.0344. The summed E-state index contributed by atoms with van der Waals surface area (Å²) in [5.41, 5.74) is 1.59. The minimum Gasteiger partial charge on any atom is -0.507 e. The van der Waals surface area contributed by atoms with Crippen LogP contribution in [0.25, 0.3) is 0 Å². The van der Waals surface area contributed by atoms with Crippen LogP contribution < -0.4 is 0 Å². The van der Waals surface area contributed by atoms with Crippen molar-refractivity contribution in [3.8, 4) is 17.2 Å². The molecule has 0 saturated carbocycles. The Bertz CT molecular complexity index is 291. The molecule has 0 radical (unpaired) electrons. The fourth-order valence-electron chi connectivity index (χ4n) is 1.89. The molecule has 0 fully saturated rings. The molecule has 3 nitrogen and oxygen atoms in total. The third-order valence-electron chi connectivity index (χ3n) is 2.78. The SMILES string of the molecule is CCc1c(O)c(CC)c(O)c(CC)c1O. The third kappa shape index (κ3) is 1.74. The van der Waals surface area contributed by atoms with Gasteiger partial charge in [-0.3, -0.25) is 0 Å². The molecule has 0 amide bonds. The van der Waals surface area contributed by atoms with Gasteiger partial charge in [0.05, 0.1) is 0 Å². The maximum Gasteiger partial charge on any atom is 0.129 e. The number of rotatable bonds is 3. The highest BCUT2D eigenvalue weighted by Gasteiger charge is 2.19. The Hall–Kier alpha value is -1.38. The Labute approximate surface area is 90.0 Å². The summed E-state index contributed by atoms with van der Waals surface area (Å²) in [5, 5.41) is 29.6. The minimum atomic E-state index is 0.0344. The molecule has 15 heavy (non-hydrogen) atoms. The summed E-state index contributed by atoms with van der Waals surface area (Å²) in [6.07, 6.45) is 1.66. The zero-order chi connectivity index (χ0) is 11.6. The van der Waals surface area contributed by atoms with E-state index in [1.54, 1.807) is 0 Å². The number of phenolic OH excluding ortho intramolecular Hbond substituents is 3. The Kier molecular flexibility index (Phi) is 3.45. The van der Waals surface area contributed by atoms with Crippen molar-refractivity contribution in [3.63, 3.8) is 0 Å². The lowest BCUT2D eigenvalue weighted by atomic mass is 9.96. The van der Waals surface area contributed by atoms with E-state index in [4.69, 9.17) is 0 Å². The highest BCUT2D eigenvalue weighted by atomic mass is 16.3. The van der Waals surface area contributed by atoms with Crippen molar-refractivity contribution < 1.29 is 15.3 Å². The second kappa shape index (κ2) is 4.43. The summed E-state index contributed by atoms with van der Waals surface area (Å²) in [5.74, 6) is 0.103. The Morgan fingerprint density at radius 1 is 0.600 bits per heavy atom. The van der Waals surface area contributed by atoms with Crippen molar-refractivity contribution in [1.29, 1.82) is 0 Å². The highest BCUT2D eigenvalue weighted by molar-refractivity contribution is 5.61. The summed E-state index contributed by atoms with van der Waals surface area (Å²) in [7, 11) is 0. The molecule has 3 heteroatoms. The van der Waals surface area contributed by atoms with Crippen LogP contribution in [0, 0.1) is 0 Å². The quantitative estimate of drug-likeness (QED) is 0.718. The summed E-state index contributed by atoms with van der Waals surface area (Å²) in [6.45, 7) is 5.60. The zero-order valence-electron chi connectivity index (χ0n) is 9.46. The summed E-state index contributed by atoms with van der Waals surface area (Å²) >= 11 is 0. The maximum atomic E-state index is 9.85. The van der Waals surface area contributed by atoms with Crippen LogP contribution in [0.15, 0.2) is 0 Å². The van der Waals surface area contributed by atoms with Gasteiger partial charge in [-0.05, 0) is 19.3 Å². The zero-order valence-corrected chi connectivity index (χ0v) is 9.46. The smallest absolute Gasteiger partial charge is 0.129 e. The molecule has 0 aromatic heterocycles. The summed E-state index contributed by atoms with van der Waals surface area (Å²) < 4.78 is 0. The maximum absolute atomic E-state index is 9.85. The molecule has 0 aliphatic rings. The molecule has 0 unspecified atom stereocenters. The molecular formula is C12H18O3. The van der Waals surface area contributed by atoms with Gasteiger partial charge in [0.25, 0.3) is 0 Å².